The van der Waals surface area contributed by atoms with Crippen LogP contribution in [0.15, 0.2) is 18.2 Å². The monoisotopic (exact) mass is 322 g/mol. The molecule has 5 nitrogen and oxygen atoms in total. The van der Waals surface area contributed by atoms with Gasteiger partial charge in [0.05, 0.1) is 19.3 Å². The molecule has 0 aliphatic carbocycles. The molecule has 130 valence electrons. The molecule has 5 heteroatoms. The fraction of sp³-hybridized carbons (Fsp3) is 0.667. The second kappa shape index (κ2) is 9.23. The number of aryl methyl sites for hydroxylation is 2. The molecule has 2 rings (SSSR count). The molecule has 0 spiro atoms. The highest BCUT2D eigenvalue weighted by Gasteiger charge is 2.16. The quantitative estimate of drug-likeness (QED) is 0.731. The SMILES string of the molecule is Cc1ccc(OCCOC[C@H](O)CN2CCN(C)CC2)cc1C. The molecule has 0 saturated carbocycles. The van der Waals surface area contributed by atoms with Gasteiger partial charge in [0.1, 0.15) is 12.4 Å². The number of β-amino-alcohol motifs (C(OH)–C–C–N with tert-alkyl or cyclic N) is 1. The number of benzene rings is 1. The van der Waals surface area contributed by atoms with Crippen LogP contribution in [0, 0.1) is 13.8 Å². The molecular formula is C18H30N2O3. The Kier molecular flexibility index (Phi) is 7.30. The number of rotatable bonds is 8. The highest BCUT2D eigenvalue weighted by atomic mass is 16.5. The van der Waals surface area contributed by atoms with Crippen molar-refractivity contribution in [1.82, 2.24) is 9.80 Å². The molecule has 23 heavy (non-hydrogen) atoms. The van der Waals surface area contributed by atoms with E-state index in [2.05, 4.69) is 36.8 Å². The summed E-state index contributed by atoms with van der Waals surface area (Å²) in [4.78, 5) is 4.60. The minimum Gasteiger partial charge on any atom is -0.491 e. The minimum atomic E-state index is -0.431. The van der Waals surface area contributed by atoms with E-state index in [-0.39, 0.29) is 0 Å². The third-order valence-electron chi connectivity index (χ3n) is 4.35. The van der Waals surface area contributed by atoms with Crippen molar-refractivity contribution in [2.45, 2.75) is 20.0 Å². The van der Waals surface area contributed by atoms with Crippen LogP contribution in [0.1, 0.15) is 11.1 Å². The fourth-order valence-corrected chi connectivity index (χ4v) is 2.62. The maximum atomic E-state index is 10.0. The van der Waals surface area contributed by atoms with Gasteiger partial charge in [-0.1, -0.05) is 6.07 Å². The Morgan fingerprint density at radius 1 is 1.09 bits per heavy atom. The number of nitrogens with zero attached hydrogens (tertiary/aromatic N) is 2. The van der Waals surface area contributed by atoms with Crippen LogP contribution in [0.2, 0.25) is 0 Å². The van der Waals surface area contributed by atoms with Gasteiger partial charge in [-0.15, -0.1) is 0 Å². The molecule has 1 N–H and O–H groups in total. The van der Waals surface area contributed by atoms with E-state index in [0.717, 1.165) is 31.9 Å². The van der Waals surface area contributed by atoms with E-state index >= 15 is 0 Å². The Balaban J connectivity index is 1.55. The molecule has 1 saturated heterocycles. The highest BCUT2D eigenvalue weighted by Crippen LogP contribution is 2.16. The minimum absolute atomic E-state index is 0.364. The lowest BCUT2D eigenvalue weighted by atomic mass is 10.1. The third kappa shape index (κ3) is 6.47. The predicted octanol–water partition coefficient (Wildman–Crippen LogP) is 1.31. The normalized spacial score (nSPS) is 18.1. The van der Waals surface area contributed by atoms with Crippen LogP contribution in [0.25, 0.3) is 0 Å². The van der Waals surface area contributed by atoms with E-state index in [9.17, 15) is 5.11 Å². The van der Waals surface area contributed by atoms with Crippen molar-refractivity contribution in [3.8, 4) is 5.75 Å². The number of ether oxygens (including phenoxy) is 2. The number of aliphatic hydroxyl groups excluding tert-OH is 1. The molecule has 1 aliphatic heterocycles. The summed E-state index contributed by atoms with van der Waals surface area (Å²) in [6.45, 7) is 10.4. The van der Waals surface area contributed by atoms with Crippen molar-refractivity contribution >= 4 is 0 Å². The Labute approximate surface area is 139 Å². The molecule has 1 aliphatic rings. The lowest BCUT2D eigenvalue weighted by molar-refractivity contribution is 0.00149. The van der Waals surface area contributed by atoms with Gasteiger partial charge in [-0.3, -0.25) is 4.90 Å². The number of piperazine rings is 1. The molecular weight excluding hydrogens is 292 g/mol. The zero-order chi connectivity index (χ0) is 16.7. The highest BCUT2D eigenvalue weighted by molar-refractivity contribution is 5.33. The van der Waals surface area contributed by atoms with Crippen LogP contribution in [-0.2, 0) is 4.74 Å². The van der Waals surface area contributed by atoms with Gasteiger partial charge in [-0.25, -0.2) is 0 Å². The first-order valence-corrected chi connectivity index (χ1v) is 8.41. The van der Waals surface area contributed by atoms with Crippen molar-refractivity contribution in [2.75, 3.05) is 59.6 Å². The lowest BCUT2D eigenvalue weighted by Gasteiger charge is -2.33. The first-order valence-electron chi connectivity index (χ1n) is 8.41. The molecule has 0 unspecified atom stereocenters. The predicted molar refractivity (Wildman–Crippen MR) is 92.2 cm³/mol. The van der Waals surface area contributed by atoms with Crippen LogP contribution < -0.4 is 4.74 Å². The fourth-order valence-electron chi connectivity index (χ4n) is 2.62. The van der Waals surface area contributed by atoms with E-state index < -0.39 is 6.10 Å². The van der Waals surface area contributed by atoms with Gasteiger partial charge < -0.3 is 19.5 Å². The van der Waals surface area contributed by atoms with E-state index in [1.807, 2.05) is 12.1 Å². The summed E-state index contributed by atoms with van der Waals surface area (Å²) >= 11 is 0. The van der Waals surface area contributed by atoms with Crippen LogP contribution in [0.5, 0.6) is 5.75 Å². The molecule has 0 amide bonds. The summed E-state index contributed by atoms with van der Waals surface area (Å²) in [5.74, 6) is 0.870. The van der Waals surface area contributed by atoms with E-state index in [1.54, 1.807) is 0 Å². The topological polar surface area (TPSA) is 45.2 Å². The smallest absolute Gasteiger partial charge is 0.119 e. The van der Waals surface area contributed by atoms with E-state index in [0.29, 0.717) is 26.4 Å². The summed E-state index contributed by atoms with van der Waals surface area (Å²) in [6.07, 6.45) is -0.431. The van der Waals surface area contributed by atoms with Crippen molar-refractivity contribution < 1.29 is 14.6 Å². The van der Waals surface area contributed by atoms with Gasteiger partial charge in [-0.05, 0) is 44.2 Å². The van der Waals surface area contributed by atoms with Crippen LogP contribution in [-0.4, -0.2) is 80.6 Å². The molecule has 0 aromatic heterocycles. The summed E-state index contributed by atoms with van der Waals surface area (Å²) in [7, 11) is 2.13. The second-order valence-electron chi connectivity index (χ2n) is 6.43. The average Bonchev–Trinajstić information content (AvgIpc) is 2.53. The Hall–Kier alpha value is -1.14. The average molecular weight is 322 g/mol. The van der Waals surface area contributed by atoms with E-state index in [4.69, 9.17) is 9.47 Å². The van der Waals surface area contributed by atoms with Gasteiger partial charge >= 0.3 is 0 Å². The van der Waals surface area contributed by atoms with Crippen molar-refractivity contribution in [3.05, 3.63) is 29.3 Å². The van der Waals surface area contributed by atoms with Crippen LogP contribution in [0.4, 0.5) is 0 Å². The van der Waals surface area contributed by atoms with Crippen molar-refractivity contribution in [1.29, 1.82) is 0 Å². The maximum absolute atomic E-state index is 10.0. The molecule has 0 radical (unpaired) electrons. The molecule has 1 aromatic rings. The lowest BCUT2D eigenvalue weighted by Crippen LogP contribution is -2.47. The van der Waals surface area contributed by atoms with Gasteiger partial charge in [-0.2, -0.15) is 0 Å². The molecule has 1 aromatic carbocycles. The Morgan fingerprint density at radius 3 is 2.52 bits per heavy atom. The first-order chi connectivity index (χ1) is 11.0. The summed E-state index contributed by atoms with van der Waals surface area (Å²) in [5.41, 5.74) is 2.49. The number of hydrogen-bond donors (Lipinski definition) is 1. The zero-order valence-corrected chi connectivity index (χ0v) is 14.6. The Bertz CT molecular complexity index is 473. The van der Waals surface area contributed by atoms with Gasteiger partial charge in [0.15, 0.2) is 0 Å². The standard InChI is InChI=1S/C18H30N2O3/c1-15-4-5-18(12-16(15)2)23-11-10-22-14-17(21)13-20-8-6-19(3)7-9-20/h4-5,12,17,21H,6-11,13-14H2,1-3H3/t17-/m1/s1. The molecule has 1 atom stereocenters. The van der Waals surface area contributed by atoms with Gasteiger partial charge in [0.25, 0.3) is 0 Å². The van der Waals surface area contributed by atoms with Gasteiger partial charge in [0, 0.05) is 32.7 Å². The summed E-state index contributed by atoms with van der Waals surface area (Å²) in [6, 6.07) is 6.08. The summed E-state index contributed by atoms with van der Waals surface area (Å²) in [5, 5.41) is 10.0. The van der Waals surface area contributed by atoms with Gasteiger partial charge in [0.2, 0.25) is 0 Å². The van der Waals surface area contributed by atoms with Crippen molar-refractivity contribution in [2.24, 2.45) is 0 Å². The second-order valence-corrected chi connectivity index (χ2v) is 6.43. The third-order valence-corrected chi connectivity index (χ3v) is 4.35. The zero-order valence-electron chi connectivity index (χ0n) is 14.6. The number of likely N-dealkylation sites (N-methyl/N-ethyl adjacent to an activating group) is 1. The molecule has 0 bridgehead atoms. The van der Waals surface area contributed by atoms with E-state index in [1.165, 1.54) is 11.1 Å². The molecule has 1 fully saturated rings. The van der Waals surface area contributed by atoms with Crippen molar-refractivity contribution in [3.63, 3.8) is 0 Å². The maximum Gasteiger partial charge on any atom is 0.119 e. The number of aliphatic hydroxyl groups is 1. The largest absolute Gasteiger partial charge is 0.491 e. The number of hydrogen-bond acceptors (Lipinski definition) is 5. The first kappa shape index (κ1) is 18.2. The molecule has 1 heterocycles. The summed E-state index contributed by atoms with van der Waals surface area (Å²) < 4.78 is 11.2. The Morgan fingerprint density at radius 2 is 1.83 bits per heavy atom. The van der Waals surface area contributed by atoms with Crippen LogP contribution >= 0.6 is 0 Å². The van der Waals surface area contributed by atoms with Crippen LogP contribution in [0.3, 0.4) is 0 Å².